The zero-order valence-corrected chi connectivity index (χ0v) is 8.34. The predicted molar refractivity (Wildman–Crippen MR) is 54.2 cm³/mol. The molecule has 1 heterocycles. The molecule has 0 aliphatic carbocycles. The molecule has 13 heavy (non-hydrogen) atoms. The average molecular weight is 176 g/mol. The van der Waals surface area contributed by atoms with Crippen molar-refractivity contribution in [3.8, 4) is 5.75 Å². The van der Waals surface area contributed by atoms with Gasteiger partial charge in [0, 0.05) is 0 Å². The van der Waals surface area contributed by atoms with Crippen molar-refractivity contribution in [3.05, 3.63) is 29.8 Å². The van der Waals surface area contributed by atoms with Crippen LogP contribution >= 0.6 is 0 Å². The maximum atomic E-state index is 5.68. The van der Waals surface area contributed by atoms with Crippen molar-refractivity contribution in [3.63, 3.8) is 0 Å². The molecule has 0 atom stereocenters. The van der Waals surface area contributed by atoms with Crippen LogP contribution in [0.15, 0.2) is 24.3 Å². The van der Waals surface area contributed by atoms with Gasteiger partial charge in [0.25, 0.3) is 0 Å². The molecular weight excluding hydrogens is 160 g/mol. The van der Waals surface area contributed by atoms with E-state index < -0.39 is 0 Å². The second-order valence-corrected chi connectivity index (χ2v) is 4.33. The van der Waals surface area contributed by atoms with Crippen molar-refractivity contribution in [2.24, 2.45) is 0 Å². The smallest absolute Gasteiger partial charge is 0.123 e. The molecule has 0 fully saturated rings. The third kappa shape index (κ3) is 1.55. The number of fused-ring (bicyclic) bond motifs is 1. The van der Waals surface area contributed by atoms with Gasteiger partial charge in [-0.25, -0.2) is 0 Å². The second-order valence-electron chi connectivity index (χ2n) is 4.33. The van der Waals surface area contributed by atoms with Gasteiger partial charge >= 0.3 is 0 Å². The van der Waals surface area contributed by atoms with Crippen molar-refractivity contribution in [2.45, 2.75) is 32.1 Å². The first-order valence-corrected chi connectivity index (χ1v) is 4.92. The van der Waals surface area contributed by atoms with Crippen LogP contribution in [0.5, 0.6) is 5.75 Å². The molecule has 70 valence electrons. The summed E-state index contributed by atoms with van der Waals surface area (Å²) in [6, 6.07) is 8.39. The molecule has 0 unspecified atom stereocenters. The van der Waals surface area contributed by atoms with Crippen LogP contribution in [-0.2, 0) is 5.41 Å². The van der Waals surface area contributed by atoms with E-state index in [-0.39, 0.29) is 5.41 Å². The fourth-order valence-corrected chi connectivity index (χ4v) is 1.98. The van der Waals surface area contributed by atoms with Crippen LogP contribution in [0.3, 0.4) is 0 Å². The van der Waals surface area contributed by atoms with E-state index in [9.17, 15) is 0 Å². The van der Waals surface area contributed by atoms with Crippen LogP contribution in [0.4, 0.5) is 0 Å². The Morgan fingerprint density at radius 1 is 1.23 bits per heavy atom. The highest BCUT2D eigenvalue weighted by Crippen LogP contribution is 2.37. The van der Waals surface area contributed by atoms with Crippen LogP contribution in [0.25, 0.3) is 0 Å². The molecule has 0 N–H and O–H groups in total. The first kappa shape index (κ1) is 8.61. The Balaban J connectivity index is 2.48. The predicted octanol–water partition coefficient (Wildman–Crippen LogP) is 3.14. The Morgan fingerprint density at radius 3 is 2.85 bits per heavy atom. The molecular formula is C12H16O. The molecule has 1 aromatic rings. The van der Waals surface area contributed by atoms with Gasteiger partial charge in [-0.15, -0.1) is 0 Å². The van der Waals surface area contributed by atoms with Crippen molar-refractivity contribution in [1.29, 1.82) is 0 Å². The second kappa shape index (κ2) is 3.06. The molecule has 0 amide bonds. The summed E-state index contributed by atoms with van der Waals surface area (Å²) in [5, 5.41) is 0. The molecule has 1 aromatic carbocycles. The zero-order chi connectivity index (χ0) is 9.31. The van der Waals surface area contributed by atoms with Crippen LogP contribution < -0.4 is 4.74 Å². The minimum Gasteiger partial charge on any atom is -0.493 e. The lowest BCUT2D eigenvalue weighted by Gasteiger charge is -2.23. The fraction of sp³-hybridized carbons (Fsp3) is 0.500. The lowest BCUT2D eigenvalue weighted by atomic mass is 9.81. The monoisotopic (exact) mass is 176 g/mol. The van der Waals surface area contributed by atoms with Crippen LogP contribution in [0, 0.1) is 0 Å². The Kier molecular flexibility index (Phi) is 2.03. The van der Waals surface area contributed by atoms with Crippen LogP contribution in [0.1, 0.15) is 32.3 Å². The quantitative estimate of drug-likeness (QED) is 0.590. The van der Waals surface area contributed by atoms with Gasteiger partial charge in [0.2, 0.25) is 0 Å². The van der Waals surface area contributed by atoms with E-state index in [0.29, 0.717) is 0 Å². The molecule has 0 saturated heterocycles. The standard InChI is InChI=1S/C12H16O/c1-12(2)8-5-9-13-11-7-4-3-6-10(11)12/h3-4,6-7H,5,8-9H2,1-2H3. The molecule has 0 aromatic heterocycles. The Hall–Kier alpha value is -0.980. The first-order chi connectivity index (χ1) is 6.20. The Labute approximate surface area is 79.7 Å². The summed E-state index contributed by atoms with van der Waals surface area (Å²) in [6.45, 7) is 5.45. The topological polar surface area (TPSA) is 9.23 Å². The summed E-state index contributed by atoms with van der Waals surface area (Å²) in [7, 11) is 0. The molecule has 1 heteroatoms. The van der Waals surface area contributed by atoms with Crippen LogP contribution in [-0.4, -0.2) is 6.61 Å². The largest absolute Gasteiger partial charge is 0.493 e. The van der Waals surface area contributed by atoms with Gasteiger partial charge in [-0.2, -0.15) is 0 Å². The number of hydrogen-bond acceptors (Lipinski definition) is 1. The maximum absolute atomic E-state index is 5.68. The van der Waals surface area contributed by atoms with Gasteiger partial charge in [0.1, 0.15) is 5.75 Å². The molecule has 2 rings (SSSR count). The third-order valence-corrected chi connectivity index (χ3v) is 2.82. The summed E-state index contributed by atoms with van der Waals surface area (Å²) < 4.78 is 5.68. The van der Waals surface area contributed by atoms with Gasteiger partial charge < -0.3 is 4.74 Å². The lowest BCUT2D eigenvalue weighted by Crippen LogP contribution is -2.15. The highest BCUT2D eigenvalue weighted by Gasteiger charge is 2.25. The number of para-hydroxylation sites is 1. The fourth-order valence-electron chi connectivity index (χ4n) is 1.98. The number of rotatable bonds is 0. The van der Waals surface area contributed by atoms with E-state index >= 15 is 0 Å². The van der Waals surface area contributed by atoms with Gasteiger partial charge in [-0.1, -0.05) is 32.0 Å². The molecule has 1 aliphatic heterocycles. The lowest BCUT2D eigenvalue weighted by molar-refractivity contribution is 0.314. The SMILES string of the molecule is CC1(C)CCCOc2ccccc21. The summed E-state index contributed by atoms with van der Waals surface area (Å²) >= 11 is 0. The summed E-state index contributed by atoms with van der Waals surface area (Å²) in [6.07, 6.45) is 2.37. The summed E-state index contributed by atoms with van der Waals surface area (Å²) in [5.74, 6) is 1.07. The molecule has 1 nitrogen and oxygen atoms in total. The summed E-state index contributed by atoms with van der Waals surface area (Å²) in [4.78, 5) is 0. The molecule has 0 bridgehead atoms. The van der Waals surface area contributed by atoms with Crippen molar-refractivity contribution >= 4 is 0 Å². The highest BCUT2D eigenvalue weighted by molar-refractivity contribution is 5.39. The Bertz CT molecular complexity index is 302. The van der Waals surface area contributed by atoms with E-state index in [1.54, 1.807) is 0 Å². The average Bonchev–Trinajstić information content (AvgIpc) is 2.26. The molecule has 0 saturated carbocycles. The van der Waals surface area contributed by atoms with Gasteiger partial charge in [-0.3, -0.25) is 0 Å². The normalized spacial score (nSPS) is 19.8. The number of benzene rings is 1. The zero-order valence-electron chi connectivity index (χ0n) is 8.34. The molecule has 0 radical (unpaired) electrons. The van der Waals surface area contributed by atoms with E-state index in [2.05, 4.69) is 32.0 Å². The maximum Gasteiger partial charge on any atom is 0.123 e. The van der Waals surface area contributed by atoms with E-state index in [1.807, 2.05) is 6.07 Å². The van der Waals surface area contributed by atoms with Crippen molar-refractivity contribution < 1.29 is 4.74 Å². The number of hydrogen-bond donors (Lipinski definition) is 0. The first-order valence-electron chi connectivity index (χ1n) is 4.92. The van der Waals surface area contributed by atoms with Gasteiger partial charge in [0.15, 0.2) is 0 Å². The third-order valence-electron chi connectivity index (χ3n) is 2.82. The van der Waals surface area contributed by atoms with E-state index in [4.69, 9.17) is 4.74 Å². The molecule has 1 aliphatic rings. The van der Waals surface area contributed by atoms with Gasteiger partial charge in [0.05, 0.1) is 6.61 Å². The van der Waals surface area contributed by atoms with Crippen molar-refractivity contribution in [1.82, 2.24) is 0 Å². The van der Waals surface area contributed by atoms with Gasteiger partial charge in [-0.05, 0) is 29.9 Å². The highest BCUT2D eigenvalue weighted by atomic mass is 16.5. The van der Waals surface area contributed by atoms with E-state index in [0.717, 1.165) is 18.8 Å². The van der Waals surface area contributed by atoms with E-state index in [1.165, 1.54) is 12.0 Å². The minimum atomic E-state index is 0.271. The number of ether oxygens (including phenoxy) is 1. The van der Waals surface area contributed by atoms with Crippen LogP contribution in [0.2, 0.25) is 0 Å². The van der Waals surface area contributed by atoms with Crippen molar-refractivity contribution in [2.75, 3.05) is 6.61 Å². The Morgan fingerprint density at radius 2 is 2.00 bits per heavy atom. The minimum absolute atomic E-state index is 0.271. The summed E-state index contributed by atoms with van der Waals surface area (Å²) in [5.41, 5.74) is 1.63. The molecule has 0 spiro atoms.